The Bertz CT molecular complexity index is 826. The highest BCUT2D eigenvalue weighted by molar-refractivity contribution is 6.30. The number of carbonyl (C=O) groups is 2. The van der Waals surface area contributed by atoms with Gasteiger partial charge in [0.1, 0.15) is 17.5 Å². The first-order chi connectivity index (χ1) is 14.4. The molecule has 0 aliphatic rings. The average Bonchev–Trinajstić information content (AvgIpc) is 2.75. The van der Waals surface area contributed by atoms with Crippen molar-refractivity contribution in [1.29, 1.82) is 0 Å². The van der Waals surface area contributed by atoms with Gasteiger partial charge in [0.05, 0.1) is 7.11 Å². The first kappa shape index (κ1) is 23.5. The van der Waals surface area contributed by atoms with Crippen molar-refractivity contribution >= 4 is 23.4 Å². The van der Waals surface area contributed by atoms with Crippen LogP contribution in [0.5, 0.6) is 11.5 Å². The number of unbranched alkanes of at least 4 members (excludes halogenated alkanes) is 1. The van der Waals surface area contributed by atoms with Crippen molar-refractivity contribution < 1.29 is 19.1 Å². The lowest BCUT2D eigenvalue weighted by Gasteiger charge is -2.28. The molecule has 30 heavy (non-hydrogen) atoms. The number of rotatable bonds is 11. The van der Waals surface area contributed by atoms with E-state index >= 15 is 0 Å². The Labute approximate surface area is 183 Å². The molecule has 0 aliphatic carbocycles. The number of methoxy groups -OCH3 is 1. The van der Waals surface area contributed by atoms with E-state index in [0.29, 0.717) is 23.1 Å². The molecule has 0 fully saturated rings. The molecule has 0 unspecified atom stereocenters. The molecule has 1 N–H and O–H groups in total. The van der Waals surface area contributed by atoms with E-state index in [1.807, 2.05) is 12.1 Å². The normalized spacial score (nSPS) is 11.5. The largest absolute Gasteiger partial charge is 0.497 e. The SMILES string of the molecule is CCCCNC(=O)[C@@H](C)N(Cc1cccc(Cl)c1)C(=O)COc1ccc(OC)cc1. The molecule has 0 radical (unpaired) electrons. The summed E-state index contributed by atoms with van der Waals surface area (Å²) in [5.74, 6) is 0.771. The predicted molar refractivity (Wildman–Crippen MR) is 118 cm³/mol. The summed E-state index contributed by atoms with van der Waals surface area (Å²) in [7, 11) is 1.58. The zero-order valence-corrected chi connectivity index (χ0v) is 18.4. The van der Waals surface area contributed by atoms with E-state index in [1.54, 1.807) is 50.4 Å². The van der Waals surface area contributed by atoms with Crippen LogP contribution >= 0.6 is 11.6 Å². The average molecular weight is 433 g/mol. The molecule has 0 heterocycles. The van der Waals surface area contributed by atoms with Gasteiger partial charge in [-0.05, 0) is 55.3 Å². The lowest BCUT2D eigenvalue weighted by atomic mass is 10.1. The van der Waals surface area contributed by atoms with Gasteiger partial charge in [0, 0.05) is 18.1 Å². The third-order valence-electron chi connectivity index (χ3n) is 4.66. The van der Waals surface area contributed by atoms with E-state index in [-0.39, 0.29) is 25.0 Å². The fourth-order valence-electron chi connectivity index (χ4n) is 2.85. The number of nitrogens with zero attached hydrogens (tertiary/aromatic N) is 1. The highest BCUT2D eigenvalue weighted by atomic mass is 35.5. The van der Waals surface area contributed by atoms with Gasteiger partial charge in [-0.3, -0.25) is 9.59 Å². The molecular formula is C23H29ClN2O4. The van der Waals surface area contributed by atoms with Crippen molar-refractivity contribution in [3.05, 3.63) is 59.1 Å². The summed E-state index contributed by atoms with van der Waals surface area (Å²) < 4.78 is 10.8. The van der Waals surface area contributed by atoms with Gasteiger partial charge in [0.15, 0.2) is 6.61 Å². The maximum atomic E-state index is 13.0. The van der Waals surface area contributed by atoms with Crippen molar-refractivity contribution in [2.24, 2.45) is 0 Å². The van der Waals surface area contributed by atoms with Crippen molar-refractivity contribution in [3.63, 3.8) is 0 Å². The zero-order chi connectivity index (χ0) is 21.9. The van der Waals surface area contributed by atoms with Crippen molar-refractivity contribution in [3.8, 4) is 11.5 Å². The van der Waals surface area contributed by atoms with Crippen LogP contribution in [0.4, 0.5) is 0 Å². The molecule has 0 saturated carbocycles. The third kappa shape index (κ3) is 7.26. The molecule has 2 amide bonds. The molecule has 0 aromatic heterocycles. The fourth-order valence-corrected chi connectivity index (χ4v) is 3.06. The summed E-state index contributed by atoms with van der Waals surface area (Å²) in [6.45, 7) is 4.44. The smallest absolute Gasteiger partial charge is 0.261 e. The molecule has 1 atom stereocenters. The van der Waals surface area contributed by atoms with Crippen LogP contribution < -0.4 is 14.8 Å². The molecule has 7 heteroatoms. The molecule has 162 valence electrons. The Morgan fingerprint density at radius 2 is 1.83 bits per heavy atom. The quantitative estimate of drug-likeness (QED) is 0.544. The summed E-state index contributed by atoms with van der Waals surface area (Å²) in [6.07, 6.45) is 1.87. The van der Waals surface area contributed by atoms with Gasteiger partial charge in [-0.2, -0.15) is 0 Å². The summed E-state index contributed by atoms with van der Waals surface area (Å²) in [4.78, 5) is 27.1. The van der Waals surface area contributed by atoms with Crippen LogP contribution in [0.3, 0.4) is 0 Å². The minimum atomic E-state index is -0.646. The second-order valence-corrected chi connectivity index (χ2v) is 7.37. The second kappa shape index (κ2) is 12.1. The first-order valence-corrected chi connectivity index (χ1v) is 10.4. The van der Waals surface area contributed by atoms with Crippen molar-refractivity contribution in [2.75, 3.05) is 20.3 Å². The number of benzene rings is 2. The standard InChI is InChI=1S/C23H29ClN2O4/c1-4-5-13-25-23(28)17(2)26(15-18-7-6-8-19(24)14-18)22(27)16-30-21-11-9-20(29-3)10-12-21/h6-12,14,17H,4-5,13,15-16H2,1-3H3,(H,25,28)/t17-/m1/s1. The van der Waals surface area contributed by atoms with Gasteiger partial charge in [-0.1, -0.05) is 37.1 Å². The van der Waals surface area contributed by atoms with E-state index in [4.69, 9.17) is 21.1 Å². The van der Waals surface area contributed by atoms with Crippen LogP contribution in [-0.4, -0.2) is 43.0 Å². The number of amides is 2. The molecule has 2 aromatic carbocycles. The minimum Gasteiger partial charge on any atom is -0.497 e. The van der Waals surface area contributed by atoms with Gasteiger partial charge in [-0.15, -0.1) is 0 Å². The van der Waals surface area contributed by atoms with Gasteiger partial charge >= 0.3 is 0 Å². The van der Waals surface area contributed by atoms with Gasteiger partial charge in [0.2, 0.25) is 5.91 Å². The van der Waals surface area contributed by atoms with Crippen LogP contribution in [0.25, 0.3) is 0 Å². The Kier molecular flexibility index (Phi) is 9.48. The Hall–Kier alpha value is -2.73. The van der Waals surface area contributed by atoms with E-state index in [9.17, 15) is 9.59 Å². The highest BCUT2D eigenvalue weighted by Crippen LogP contribution is 2.18. The highest BCUT2D eigenvalue weighted by Gasteiger charge is 2.26. The zero-order valence-electron chi connectivity index (χ0n) is 17.7. The maximum absolute atomic E-state index is 13.0. The Morgan fingerprint density at radius 3 is 2.47 bits per heavy atom. The number of carbonyl (C=O) groups excluding carboxylic acids is 2. The third-order valence-corrected chi connectivity index (χ3v) is 4.90. The minimum absolute atomic E-state index is 0.181. The van der Waals surface area contributed by atoms with Crippen LogP contribution in [-0.2, 0) is 16.1 Å². The lowest BCUT2D eigenvalue weighted by Crippen LogP contribution is -2.49. The van der Waals surface area contributed by atoms with Crippen LogP contribution in [0.15, 0.2) is 48.5 Å². The summed E-state index contributed by atoms with van der Waals surface area (Å²) in [5, 5.41) is 3.47. The van der Waals surface area contributed by atoms with Crippen LogP contribution in [0.1, 0.15) is 32.3 Å². The van der Waals surface area contributed by atoms with Crippen LogP contribution in [0.2, 0.25) is 5.02 Å². The van der Waals surface area contributed by atoms with Crippen LogP contribution in [0, 0.1) is 0 Å². The summed E-state index contributed by atoms with van der Waals surface area (Å²) >= 11 is 6.08. The Morgan fingerprint density at radius 1 is 1.13 bits per heavy atom. The number of nitrogens with one attached hydrogen (secondary N) is 1. The predicted octanol–water partition coefficient (Wildman–Crippen LogP) is 4.06. The summed E-state index contributed by atoms with van der Waals surface area (Å²) in [5.41, 5.74) is 0.841. The Balaban J connectivity index is 2.09. The van der Waals surface area contributed by atoms with Gasteiger partial charge < -0.3 is 19.7 Å². The number of halogens is 1. The molecule has 0 bridgehead atoms. The number of hydrogen-bond acceptors (Lipinski definition) is 4. The topological polar surface area (TPSA) is 67.9 Å². The molecule has 0 spiro atoms. The van der Waals surface area contributed by atoms with E-state index in [0.717, 1.165) is 18.4 Å². The lowest BCUT2D eigenvalue weighted by molar-refractivity contribution is -0.142. The number of hydrogen-bond donors (Lipinski definition) is 1. The molecular weight excluding hydrogens is 404 g/mol. The van der Waals surface area contributed by atoms with Gasteiger partial charge in [0.25, 0.3) is 5.91 Å². The van der Waals surface area contributed by atoms with E-state index in [2.05, 4.69) is 12.2 Å². The maximum Gasteiger partial charge on any atom is 0.261 e. The number of ether oxygens (including phenoxy) is 2. The monoisotopic (exact) mass is 432 g/mol. The van der Waals surface area contributed by atoms with Crippen molar-refractivity contribution in [2.45, 2.75) is 39.3 Å². The van der Waals surface area contributed by atoms with Crippen molar-refractivity contribution in [1.82, 2.24) is 10.2 Å². The molecule has 6 nitrogen and oxygen atoms in total. The second-order valence-electron chi connectivity index (χ2n) is 6.94. The molecule has 0 saturated heterocycles. The van der Waals surface area contributed by atoms with E-state index in [1.165, 1.54) is 4.90 Å². The fraction of sp³-hybridized carbons (Fsp3) is 0.391. The summed E-state index contributed by atoms with van der Waals surface area (Å²) in [6, 6.07) is 13.6. The molecule has 2 rings (SSSR count). The first-order valence-electron chi connectivity index (χ1n) is 10.0. The van der Waals surface area contributed by atoms with Gasteiger partial charge in [-0.25, -0.2) is 0 Å². The molecule has 2 aromatic rings. The van der Waals surface area contributed by atoms with E-state index < -0.39 is 6.04 Å². The molecule has 0 aliphatic heterocycles.